The fraction of sp³-hybridized carbons (Fsp3) is 0.714. The van der Waals surface area contributed by atoms with E-state index in [1.807, 2.05) is 0 Å². The molecule has 0 fully saturated rings. The fourth-order valence-corrected chi connectivity index (χ4v) is 4.05. The molecule has 0 heterocycles. The lowest BCUT2D eigenvalue weighted by molar-refractivity contribution is -0.305. The maximum atomic E-state index is 12.3. The van der Waals surface area contributed by atoms with E-state index in [1.165, 1.54) is 0 Å². The number of hydrogen-bond acceptors (Lipinski definition) is 8. The highest BCUT2D eigenvalue weighted by Crippen LogP contribution is 2.36. The second-order valence-electron chi connectivity index (χ2n) is 3.64. The average Bonchev–Trinajstić information content (AvgIpc) is 2.23. The Kier molecular flexibility index (Phi) is 6.05. The van der Waals surface area contributed by atoms with Crippen LogP contribution in [0, 0.1) is 0 Å². The summed E-state index contributed by atoms with van der Waals surface area (Å²) < 4.78 is 117. The van der Waals surface area contributed by atoms with Crippen molar-refractivity contribution in [3.63, 3.8) is 0 Å². The molecular formula is C7H5F6O8S2-. The smallest absolute Gasteiger partial charge is 0.498 e. The van der Waals surface area contributed by atoms with Gasteiger partial charge < -0.3 is 14.6 Å². The van der Waals surface area contributed by atoms with Gasteiger partial charge in [0.25, 0.3) is 19.7 Å². The van der Waals surface area contributed by atoms with E-state index in [1.54, 1.807) is 0 Å². The van der Waals surface area contributed by atoms with E-state index >= 15 is 0 Å². The highest BCUT2D eigenvalue weighted by atomic mass is 32.3. The molecule has 16 heteroatoms. The summed E-state index contributed by atoms with van der Waals surface area (Å²) in [5.74, 6) is -4.14. The number of aliphatic carboxylic acids is 1. The number of carboxylic acids is 1. The van der Waals surface area contributed by atoms with Crippen LogP contribution in [-0.4, -0.2) is 51.0 Å². The van der Waals surface area contributed by atoms with Crippen LogP contribution in [-0.2, 0) is 34.0 Å². The molecule has 0 rings (SSSR count). The van der Waals surface area contributed by atoms with Crippen LogP contribution in [0.25, 0.3) is 0 Å². The maximum Gasteiger partial charge on any atom is 0.498 e. The molecule has 0 saturated heterocycles. The van der Waals surface area contributed by atoms with Crippen LogP contribution in [0.2, 0.25) is 0 Å². The van der Waals surface area contributed by atoms with Gasteiger partial charge in [0.05, 0.1) is 12.4 Å². The highest BCUT2D eigenvalue weighted by molar-refractivity contribution is 8.09. The van der Waals surface area contributed by atoms with Crippen molar-refractivity contribution in [1.82, 2.24) is 0 Å². The fourth-order valence-electron chi connectivity index (χ4n) is 0.974. The third-order valence-electron chi connectivity index (χ3n) is 2.01. The van der Waals surface area contributed by atoms with Gasteiger partial charge in [0, 0.05) is 0 Å². The van der Waals surface area contributed by atoms with Crippen molar-refractivity contribution in [2.24, 2.45) is 0 Å². The zero-order valence-corrected chi connectivity index (χ0v) is 12.0. The molecule has 0 aromatic carbocycles. The zero-order valence-electron chi connectivity index (χ0n) is 10.3. The van der Waals surface area contributed by atoms with Gasteiger partial charge in [0.15, 0.2) is 0 Å². The standard InChI is InChI=1S/C7H6F6O8S2/c8-6(9,10)22(17,18)5(23(19,20)7(11,12)13)2-21-4(16)1-3(14)15/h5H,1-2H2,(H,14,15)/p-1. The molecule has 0 aliphatic heterocycles. The van der Waals surface area contributed by atoms with E-state index in [4.69, 9.17) is 0 Å². The second-order valence-corrected chi connectivity index (χ2v) is 8.19. The topological polar surface area (TPSA) is 135 Å². The molecule has 0 saturated carbocycles. The van der Waals surface area contributed by atoms with Crippen molar-refractivity contribution < 1.29 is 62.6 Å². The normalized spacial score (nSPS) is 13.9. The van der Waals surface area contributed by atoms with Gasteiger partial charge in [0.2, 0.25) is 4.58 Å². The van der Waals surface area contributed by atoms with Crippen molar-refractivity contribution in [1.29, 1.82) is 0 Å². The van der Waals surface area contributed by atoms with Gasteiger partial charge in [-0.05, 0) is 0 Å². The first-order valence-corrected chi connectivity index (χ1v) is 7.99. The Labute approximate surface area is 123 Å². The minimum absolute atomic E-state index is 1.65. The summed E-state index contributed by atoms with van der Waals surface area (Å²) in [7, 11) is -13.9. The molecule has 0 N–H and O–H groups in total. The lowest BCUT2D eigenvalue weighted by Crippen LogP contribution is -2.47. The first-order chi connectivity index (χ1) is 9.94. The molecule has 136 valence electrons. The molecule has 0 aliphatic carbocycles. The van der Waals surface area contributed by atoms with Gasteiger partial charge in [-0.25, -0.2) is 16.8 Å². The predicted octanol–water partition coefficient (Wildman–Crippen LogP) is -1.14. The molecule has 0 unspecified atom stereocenters. The third-order valence-corrected chi connectivity index (χ3v) is 6.47. The SMILES string of the molecule is O=C([O-])CC(=O)OCC(S(=O)(=O)C(F)(F)F)S(=O)(=O)C(F)(F)F. The van der Waals surface area contributed by atoms with Crippen molar-refractivity contribution in [2.45, 2.75) is 22.0 Å². The summed E-state index contributed by atoms with van der Waals surface area (Å²) >= 11 is 0. The molecule has 0 radical (unpaired) electrons. The van der Waals surface area contributed by atoms with Gasteiger partial charge in [-0.3, -0.25) is 4.79 Å². The Morgan fingerprint density at radius 2 is 1.26 bits per heavy atom. The summed E-state index contributed by atoms with van der Waals surface area (Å²) in [4.78, 5) is 20.7. The van der Waals surface area contributed by atoms with E-state index in [2.05, 4.69) is 4.74 Å². The molecule has 0 aromatic heterocycles. The van der Waals surface area contributed by atoms with Crippen molar-refractivity contribution >= 4 is 31.6 Å². The number of hydrogen-bond donors (Lipinski definition) is 0. The molecule has 0 spiro atoms. The van der Waals surface area contributed by atoms with Crippen molar-refractivity contribution in [3.05, 3.63) is 0 Å². The van der Waals surface area contributed by atoms with Crippen LogP contribution in [0.3, 0.4) is 0 Å². The average molecular weight is 395 g/mol. The number of sulfone groups is 2. The number of esters is 1. The first kappa shape index (κ1) is 21.4. The Balaban J connectivity index is 5.80. The molecule has 0 bridgehead atoms. The minimum Gasteiger partial charge on any atom is -0.550 e. The van der Waals surface area contributed by atoms with E-state index in [-0.39, 0.29) is 0 Å². The summed E-state index contributed by atoms with van der Waals surface area (Å²) in [6.07, 6.45) is -1.65. The molecule has 8 nitrogen and oxygen atoms in total. The number of carbonyl (C=O) groups is 2. The summed E-state index contributed by atoms with van der Waals surface area (Å²) in [6, 6.07) is 0. The minimum atomic E-state index is -6.95. The zero-order chi connectivity index (χ0) is 18.9. The maximum absolute atomic E-state index is 12.3. The van der Waals surface area contributed by atoms with Crippen LogP contribution in [0.4, 0.5) is 26.3 Å². The molecule has 23 heavy (non-hydrogen) atoms. The molecule has 0 atom stereocenters. The van der Waals surface area contributed by atoms with Gasteiger partial charge in [-0.1, -0.05) is 0 Å². The van der Waals surface area contributed by atoms with Gasteiger partial charge in [-0.2, -0.15) is 26.3 Å². The highest BCUT2D eigenvalue weighted by Gasteiger charge is 2.63. The number of alkyl halides is 6. The number of carboxylic acid groups (broad SMARTS) is 1. The second kappa shape index (κ2) is 6.50. The van der Waals surface area contributed by atoms with Gasteiger partial charge in [-0.15, -0.1) is 0 Å². The first-order valence-electron chi connectivity index (χ1n) is 4.90. The number of halogens is 6. The van der Waals surface area contributed by atoms with Gasteiger partial charge >= 0.3 is 17.0 Å². The molecular weight excluding hydrogens is 390 g/mol. The predicted molar refractivity (Wildman–Crippen MR) is 54.3 cm³/mol. The molecule has 0 aliphatic rings. The largest absolute Gasteiger partial charge is 0.550 e. The Morgan fingerprint density at radius 1 is 0.913 bits per heavy atom. The monoisotopic (exact) mass is 395 g/mol. The summed E-state index contributed by atoms with van der Waals surface area (Å²) in [6.45, 7) is -2.41. The number of carbonyl (C=O) groups excluding carboxylic acids is 2. The molecule has 0 aromatic rings. The van der Waals surface area contributed by atoms with Crippen LogP contribution < -0.4 is 5.11 Å². The quantitative estimate of drug-likeness (QED) is 0.313. The lowest BCUT2D eigenvalue weighted by atomic mass is 10.4. The van der Waals surface area contributed by atoms with E-state index in [9.17, 15) is 57.9 Å². The van der Waals surface area contributed by atoms with Crippen LogP contribution in [0.15, 0.2) is 0 Å². The van der Waals surface area contributed by atoms with E-state index in [0.29, 0.717) is 0 Å². The Bertz CT molecular complexity index is 629. The van der Waals surface area contributed by atoms with Crippen molar-refractivity contribution in [2.75, 3.05) is 6.61 Å². The van der Waals surface area contributed by atoms with Crippen LogP contribution >= 0.6 is 0 Å². The summed E-state index contributed by atoms with van der Waals surface area (Å²) in [5, 5.41) is 9.96. The van der Waals surface area contributed by atoms with E-state index in [0.717, 1.165) is 0 Å². The van der Waals surface area contributed by atoms with Crippen LogP contribution in [0.1, 0.15) is 6.42 Å². The van der Waals surface area contributed by atoms with Crippen LogP contribution in [0.5, 0.6) is 0 Å². The lowest BCUT2D eigenvalue weighted by Gasteiger charge is -2.20. The van der Waals surface area contributed by atoms with Gasteiger partial charge in [0.1, 0.15) is 6.61 Å². The van der Waals surface area contributed by atoms with E-state index < -0.39 is 60.2 Å². The van der Waals surface area contributed by atoms with Crippen molar-refractivity contribution in [3.8, 4) is 0 Å². The Morgan fingerprint density at radius 3 is 1.52 bits per heavy atom. The Hall–Kier alpha value is -1.58. The summed E-state index contributed by atoms with van der Waals surface area (Å²) in [5.41, 5.74) is -12.8. The molecule has 0 amide bonds. The third kappa shape index (κ3) is 4.95. The number of ether oxygens (including phenoxy) is 1. The number of rotatable bonds is 6.